The Morgan fingerprint density at radius 3 is 2.22 bits per heavy atom. The third kappa shape index (κ3) is 3.41. The summed E-state index contributed by atoms with van der Waals surface area (Å²) >= 11 is 0. The van der Waals surface area contributed by atoms with Gasteiger partial charge in [-0.05, 0) is 31.2 Å². The molecule has 2 aromatic rings. The predicted molar refractivity (Wildman–Crippen MR) is 87.9 cm³/mol. The van der Waals surface area contributed by atoms with Gasteiger partial charge in [0.15, 0.2) is 0 Å². The Kier molecular flexibility index (Phi) is 4.41. The highest BCUT2D eigenvalue weighted by Crippen LogP contribution is 2.20. The van der Waals surface area contributed by atoms with Gasteiger partial charge in [0.25, 0.3) is 5.91 Å². The minimum absolute atomic E-state index is 0.000573. The van der Waals surface area contributed by atoms with Crippen LogP contribution in [0.1, 0.15) is 16.2 Å². The van der Waals surface area contributed by atoms with Gasteiger partial charge in [-0.25, -0.2) is 9.97 Å². The van der Waals surface area contributed by atoms with Crippen molar-refractivity contribution in [3.63, 3.8) is 0 Å². The number of benzene rings is 1. The van der Waals surface area contributed by atoms with E-state index in [4.69, 9.17) is 4.74 Å². The normalized spacial score (nSPS) is 14.7. The number of aryl methyl sites for hydroxylation is 1. The molecule has 2 heterocycles. The molecule has 0 spiro atoms. The fourth-order valence-electron chi connectivity index (χ4n) is 2.65. The van der Waals surface area contributed by atoms with Gasteiger partial charge in [0.2, 0.25) is 0 Å². The van der Waals surface area contributed by atoms with Crippen LogP contribution in [0.3, 0.4) is 0 Å². The SMILES string of the molecule is COc1ccc(N2CCN(C(=O)c3cnc(C)nc3)CC2)cc1. The van der Waals surface area contributed by atoms with Gasteiger partial charge in [-0.3, -0.25) is 4.79 Å². The minimum atomic E-state index is -0.000573. The molecule has 1 fully saturated rings. The molecule has 120 valence electrons. The lowest BCUT2D eigenvalue weighted by atomic mass is 10.2. The number of hydrogen-bond donors (Lipinski definition) is 0. The molecular weight excluding hydrogens is 292 g/mol. The topological polar surface area (TPSA) is 58.6 Å². The lowest BCUT2D eigenvalue weighted by Gasteiger charge is -2.36. The van der Waals surface area contributed by atoms with Crippen LogP contribution in [0, 0.1) is 6.92 Å². The molecule has 0 atom stereocenters. The first kappa shape index (κ1) is 15.3. The molecule has 23 heavy (non-hydrogen) atoms. The smallest absolute Gasteiger partial charge is 0.257 e. The van der Waals surface area contributed by atoms with Crippen LogP contribution in [0.5, 0.6) is 5.75 Å². The number of anilines is 1. The number of piperazine rings is 1. The lowest BCUT2D eigenvalue weighted by Crippen LogP contribution is -2.48. The number of hydrogen-bond acceptors (Lipinski definition) is 5. The van der Waals surface area contributed by atoms with Gasteiger partial charge in [0, 0.05) is 44.3 Å². The Morgan fingerprint density at radius 2 is 1.65 bits per heavy atom. The molecule has 0 radical (unpaired) electrons. The molecule has 1 aliphatic rings. The van der Waals surface area contributed by atoms with Crippen molar-refractivity contribution in [3.8, 4) is 5.75 Å². The van der Waals surface area contributed by atoms with Crippen molar-refractivity contribution < 1.29 is 9.53 Å². The molecule has 0 aliphatic carbocycles. The molecular formula is C17H20N4O2. The van der Waals surface area contributed by atoms with Crippen molar-refractivity contribution in [2.75, 3.05) is 38.2 Å². The van der Waals surface area contributed by atoms with Gasteiger partial charge in [-0.15, -0.1) is 0 Å². The molecule has 1 aromatic carbocycles. The summed E-state index contributed by atoms with van der Waals surface area (Å²) in [6.45, 7) is 4.81. The van der Waals surface area contributed by atoms with Crippen molar-refractivity contribution in [3.05, 3.63) is 48.0 Å². The van der Waals surface area contributed by atoms with Crippen molar-refractivity contribution in [1.82, 2.24) is 14.9 Å². The summed E-state index contributed by atoms with van der Waals surface area (Å²) in [6, 6.07) is 8.00. The first-order valence-electron chi connectivity index (χ1n) is 7.64. The Morgan fingerprint density at radius 1 is 1.04 bits per heavy atom. The van der Waals surface area contributed by atoms with Crippen molar-refractivity contribution in [1.29, 1.82) is 0 Å². The van der Waals surface area contributed by atoms with Gasteiger partial charge in [-0.1, -0.05) is 0 Å². The van der Waals surface area contributed by atoms with E-state index in [2.05, 4.69) is 14.9 Å². The first-order chi connectivity index (χ1) is 11.2. The Balaban J connectivity index is 1.61. The Bertz CT molecular complexity index is 662. The molecule has 1 aromatic heterocycles. The molecule has 0 N–H and O–H groups in total. The molecule has 1 amide bonds. The van der Waals surface area contributed by atoms with E-state index in [9.17, 15) is 4.79 Å². The van der Waals surface area contributed by atoms with Crippen molar-refractivity contribution in [2.45, 2.75) is 6.92 Å². The molecule has 1 aliphatic heterocycles. The van der Waals surface area contributed by atoms with Crippen LogP contribution in [0.2, 0.25) is 0 Å². The summed E-state index contributed by atoms with van der Waals surface area (Å²) in [4.78, 5) is 24.8. The van der Waals surface area contributed by atoms with Crippen LogP contribution in [-0.4, -0.2) is 54.1 Å². The van der Waals surface area contributed by atoms with Gasteiger partial charge >= 0.3 is 0 Å². The standard InChI is InChI=1S/C17H20N4O2/c1-13-18-11-14(12-19-13)17(22)21-9-7-20(8-10-21)15-3-5-16(23-2)6-4-15/h3-6,11-12H,7-10H2,1-2H3. The van der Waals surface area contributed by atoms with Gasteiger partial charge in [0.1, 0.15) is 11.6 Å². The van der Waals surface area contributed by atoms with Crippen LogP contribution in [0.15, 0.2) is 36.7 Å². The minimum Gasteiger partial charge on any atom is -0.497 e. The molecule has 6 nitrogen and oxygen atoms in total. The lowest BCUT2D eigenvalue weighted by molar-refractivity contribution is 0.0746. The summed E-state index contributed by atoms with van der Waals surface area (Å²) in [5, 5.41) is 0. The van der Waals surface area contributed by atoms with Gasteiger partial charge in [0.05, 0.1) is 12.7 Å². The molecule has 0 bridgehead atoms. The third-order valence-corrected chi connectivity index (χ3v) is 4.03. The average molecular weight is 312 g/mol. The summed E-state index contributed by atoms with van der Waals surface area (Å²) in [5.74, 6) is 1.52. The average Bonchev–Trinajstić information content (AvgIpc) is 2.62. The Labute approximate surface area is 135 Å². The van der Waals surface area contributed by atoms with Crippen LogP contribution < -0.4 is 9.64 Å². The fraction of sp³-hybridized carbons (Fsp3) is 0.353. The highest BCUT2D eigenvalue weighted by molar-refractivity contribution is 5.93. The summed E-state index contributed by atoms with van der Waals surface area (Å²) in [6.07, 6.45) is 3.20. The number of carbonyl (C=O) groups is 1. The summed E-state index contributed by atoms with van der Waals surface area (Å²) in [7, 11) is 1.66. The van der Waals surface area contributed by atoms with E-state index < -0.39 is 0 Å². The number of carbonyl (C=O) groups excluding carboxylic acids is 1. The zero-order chi connectivity index (χ0) is 16.2. The second kappa shape index (κ2) is 6.64. The van der Waals surface area contributed by atoms with E-state index in [0.717, 1.165) is 24.5 Å². The van der Waals surface area contributed by atoms with Crippen molar-refractivity contribution >= 4 is 11.6 Å². The second-order valence-corrected chi connectivity index (χ2v) is 5.50. The van der Waals surface area contributed by atoms with Crippen LogP contribution in [0.25, 0.3) is 0 Å². The molecule has 6 heteroatoms. The van der Waals surface area contributed by atoms with E-state index in [1.807, 2.05) is 36.1 Å². The number of nitrogens with zero attached hydrogens (tertiary/aromatic N) is 4. The number of rotatable bonds is 3. The first-order valence-corrected chi connectivity index (χ1v) is 7.64. The van der Waals surface area contributed by atoms with Gasteiger partial charge < -0.3 is 14.5 Å². The molecule has 1 saturated heterocycles. The van der Waals surface area contributed by atoms with Crippen LogP contribution in [-0.2, 0) is 0 Å². The number of methoxy groups -OCH3 is 1. The van der Waals surface area contributed by atoms with E-state index in [-0.39, 0.29) is 5.91 Å². The predicted octanol–water partition coefficient (Wildman–Crippen LogP) is 1.76. The zero-order valence-corrected chi connectivity index (χ0v) is 13.4. The second-order valence-electron chi connectivity index (χ2n) is 5.50. The largest absolute Gasteiger partial charge is 0.497 e. The van der Waals surface area contributed by atoms with Crippen LogP contribution >= 0.6 is 0 Å². The maximum atomic E-state index is 12.4. The highest BCUT2D eigenvalue weighted by Gasteiger charge is 2.22. The molecule has 0 unspecified atom stereocenters. The van der Waals surface area contributed by atoms with E-state index in [1.165, 1.54) is 0 Å². The maximum Gasteiger partial charge on any atom is 0.257 e. The number of ether oxygens (including phenoxy) is 1. The monoisotopic (exact) mass is 312 g/mol. The molecule has 0 saturated carbocycles. The summed E-state index contributed by atoms with van der Waals surface area (Å²) < 4.78 is 5.18. The Hall–Kier alpha value is -2.63. The molecule has 3 rings (SSSR count). The van der Waals surface area contributed by atoms with E-state index in [1.54, 1.807) is 19.5 Å². The van der Waals surface area contributed by atoms with E-state index >= 15 is 0 Å². The van der Waals surface area contributed by atoms with Gasteiger partial charge in [-0.2, -0.15) is 0 Å². The van der Waals surface area contributed by atoms with Crippen LogP contribution in [0.4, 0.5) is 5.69 Å². The fourth-order valence-corrected chi connectivity index (χ4v) is 2.65. The third-order valence-electron chi connectivity index (χ3n) is 4.03. The number of amides is 1. The van der Waals surface area contributed by atoms with E-state index in [0.29, 0.717) is 24.5 Å². The summed E-state index contributed by atoms with van der Waals surface area (Å²) in [5.41, 5.74) is 1.70. The number of aromatic nitrogens is 2. The maximum absolute atomic E-state index is 12.4. The highest BCUT2D eigenvalue weighted by atomic mass is 16.5. The van der Waals surface area contributed by atoms with Crippen molar-refractivity contribution in [2.24, 2.45) is 0 Å². The zero-order valence-electron chi connectivity index (χ0n) is 13.4. The quantitative estimate of drug-likeness (QED) is 0.864.